The van der Waals surface area contributed by atoms with Crippen LogP contribution in [0.15, 0.2) is 34.9 Å². The van der Waals surface area contributed by atoms with Crippen LogP contribution in [0.3, 0.4) is 0 Å². The molecular formula is C13H11ClN2O3. The topological polar surface area (TPSA) is 72.2 Å². The SMILES string of the molecule is Cc1cc(C(C=O)C(=O)Nc2ccc(Cl)cc2)on1. The van der Waals surface area contributed by atoms with Gasteiger partial charge in [0.1, 0.15) is 6.29 Å². The molecule has 2 aromatic rings. The molecule has 98 valence electrons. The summed E-state index contributed by atoms with van der Waals surface area (Å²) in [6, 6.07) is 8.14. The summed E-state index contributed by atoms with van der Waals surface area (Å²) >= 11 is 5.74. The summed E-state index contributed by atoms with van der Waals surface area (Å²) in [5.41, 5.74) is 1.17. The Kier molecular flexibility index (Phi) is 3.97. The molecule has 0 aliphatic carbocycles. The third kappa shape index (κ3) is 3.20. The highest BCUT2D eigenvalue weighted by Crippen LogP contribution is 2.19. The number of benzene rings is 1. The van der Waals surface area contributed by atoms with E-state index >= 15 is 0 Å². The highest BCUT2D eigenvalue weighted by molar-refractivity contribution is 6.30. The molecule has 6 heteroatoms. The number of halogens is 1. The van der Waals surface area contributed by atoms with Gasteiger partial charge in [-0.15, -0.1) is 0 Å². The van der Waals surface area contributed by atoms with Gasteiger partial charge in [0, 0.05) is 16.8 Å². The summed E-state index contributed by atoms with van der Waals surface area (Å²) < 4.78 is 4.93. The number of aryl methyl sites for hydroxylation is 1. The second kappa shape index (κ2) is 5.67. The summed E-state index contributed by atoms with van der Waals surface area (Å²) in [6.07, 6.45) is 0.519. The molecule has 0 radical (unpaired) electrons. The van der Waals surface area contributed by atoms with Crippen molar-refractivity contribution in [3.63, 3.8) is 0 Å². The van der Waals surface area contributed by atoms with Crippen LogP contribution in [0.2, 0.25) is 5.02 Å². The number of carbonyl (C=O) groups is 2. The Hall–Kier alpha value is -2.14. The molecular weight excluding hydrogens is 268 g/mol. The molecule has 5 nitrogen and oxygen atoms in total. The first-order chi connectivity index (χ1) is 9.10. The first-order valence-electron chi connectivity index (χ1n) is 5.55. The minimum absolute atomic E-state index is 0.221. The van der Waals surface area contributed by atoms with E-state index in [0.29, 0.717) is 22.7 Å². The lowest BCUT2D eigenvalue weighted by atomic mass is 10.1. The zero-order valence-electron chi connectivity index (χ0n) is 10.1. The summed E-state index contributed by atoms with van der Waals surface area (Å²) in [6.45, 7) is 1.71. The number of anilines is 1. The second-order valence-electron chi connectivity index (χ2n) is 3.98. The van der Waals surface area contributed by atoms with Crippen molar-refractivity contribution in [1.82, 2.24) is 5.16 Å². The summed E-state index contributed by atoms with van der Waals surface area (Å²) in [5, 5.41) is 6.83. The maximum absolute atomic E-state index is 12.0. The Morgan fingerprint density at radius 2 is 2.11 bits per heavy atom. The zero-order valence-corrected chi connectivity index (χ0v) is 10.8. The van der Waals surface area contributed by atoms with Gasteiger partial charge in [-0.2, -0.15) is 0 Å². The van der Waals surface area contributed by atoms with Crippen molar-refractivity contribution < 1.29 is 14.1 Å². The van der Waals surface area contributed by atoms with Gasteiger partial charge < -0.3 is 14.6 Å². The number of aromatic nitrogens is 1. The summed E-state index contributed by atoms with van der Waals surface area (Å²) in [4.78, 5) is 23.0. The van der Waals surface area contributed by atoms with Gasteiger partial charge in [0.25, 0.3) is 0 Å². The van der Waals surface area contributed by atoms with E-state index < -0.39 is 11.8 Å². The van der Waals surface area contributed by atoms with Crippen LogP contribution in [0.1, 0.15) is 17.4 Å². The van der Waals surface area contributed by atoms with Crippen molar-refractivity contribution >= 4 is 29.5 Å². The standard InChI is InChI=1S/C13H11ClN2O3/c1-8-6-12(19-16-8)11(7-17)13(18)15-10-4-2-9(14)3-5-10/h2-7,11H,1H3,(H,15,18). The zero-order chi connectivity index (χ0) is 13.8. The minimum atomic E-state index is -1.02. The first-order valence-corrected chi connectivity index (χ1v) is 5.93. The quantitative estimate of drug-likeness (QED) is 0.689. The fourth-order valence-corrected chi connectivity index (χ4v) is 1.67. The molecule has 19 heavy (non-hydrogen) atoms. The van der Waals surface area contributed by atoms with Crippen molar-refractivity contribution in [1.29, 1.82) is 0 Å². The number of hydrogen-bond acceptors (Lipinski definition) is 4. The number of aldehydes is 1. The maximum Gasteiger partial charge on any atom is 0.242 e. The van der Waals surface area contributed by atoms with Gasteiger partial charge in [0.05, 0.1) is 5.69 Å². The third-order valence-corrected chi connectivity index (χ3v) is 2.74. The molecule has 0 fully saturated rings. The van der Waals surface area contributed by atoms with E-state index in [1.54, 1.807) is 37.3 Å². The molecule has 2 rings (SSSR count). The Bertz CT molecular complexity index is 592. The van der Waals surface area contributed by atoms with Gasteiger partial charge in [-0.05, 0) is 31.2 Å². The lowest BCUT2D eigenvalue weighted by molar-refractivity contribution is -0.122. The summed E-state index contributed by atoms with van der Waals surface area (Å²) in [5.74, 6) is -1.27. The van der Waals surface area contributed by atoms with Crippen LogP contribution in [-0.4, -0.2) is 17.4 Å². The Balaban J connectivity index is 2.13. The van der Waals surface area contributed by atoms with E-state index in [-0.39, 0.29) is 5.76 Å². The van der Waals surface area contributed by atoms with E-state index in [4.69, 9.17) is 16.1 Å². The van der Waals surface area contributed by atoms with Gasteiger partial charge >= 0.3 is 0 Å². The van der Waals surface area contributed by atoms with E-state index in [1.165, 1.54) is 0 Å². The Morgan fingerprint density at radius 3 is 2.63 bits per heavy atom. The average Bonchev–Trinajstić information content (AvgIpc) is 2.80. The largest absolute Gasteiger partial charge is 0.360 e. The molecule has 0 saturated carbocycles. The van der Waals surface area contributed by atoms with E-state index in [1.807, 2.05) is 0 Å². The van der Waals surface area contributed by atoms with Crippen LogP contribution in [-0.2, 0) is 9.59 Å². The normalized spacial score (nSPS) is 11.9. The molecule has 1 aromatic heterocycles. The van der Waals surface area contributed by atoms with E-state index in [2.05, 4.69) is 10.5 Å². The molecule has 1 heterocycles. The van der Waals surface area contributed by atoms with Gasteiger partial charge in [-0.3, -0.25) is 4.79 Å². The molecule has 1 unspecified atom stereocenters. The molecule has 0 spiro atoms. The lowest BCUT2D eigenvalue weighted by Gasteiger charge is -2.08. The molecule has 0 saturated heterocycles. The third-order valence-electron chi connectivity index (χ3n) is 2.48. The number of nitrogens with one attached hydrogen (secondary N) is 1. The van der Waals surface area contributed by atoms with Crippen LogP contribution < -0.4 is 5.32 Å². The smallest absolute Gasteiger partial charge is 0.242 e. The molecule has 0 aliphatic rings. The number of carbonyl (C=O) groups excluding carboxylic acids is 2. The number of rotatable bonds is 4. The molecule has 1 aromatic carbocycles. The molecule has 1 amide bonds. The molecule has 1 N–H and O–H groups in total. The van der Waals surface area contributed by atoms with Crippen molar-refractivity contribution in [2.45, 2.75) is 12.8 Å². The minimum Gasteiger partial charge on any atom is -0.360 e. The van der Waals surface area contributed by atoms with Crippen molar-refractivity contribution in [2.75, 3.05) is 5.32 Å². The van der Waals surface area contributed by atoms with Gasteiger partial charge in [0.15, 0.2) is 11.7 Å². The fourth-order valence-electron chi connectivity index (χ4n) is 1.54. The van der Waals surface area contributed by atoms with Crippen LogP contribution in [0.4, 0.5) is 5.69 Å². The second-order valence-corrected chi connectivity index (χ2v) is 4.42. The molecule has 0 bridgehead atoms. The van der Waals surface area contributed by atoms with Crippen LogP contribution in [0, 0.1) is 6.92 Å². The number of hydrogen-bond donors (Lipinski definition) is 1. The molecule has 1 atom stereocenters. The number of nitrogens with zero attached hydrogens (tertiary/aromatic N) is 1. The van der Waals surface area contributed by atoms with Gasteiger partial charge in [-0.25, -0.2) is 0 Å². The fraction of sp³-hybridized carbons (Fsp3) is 0.154. The Morgan fingerprint density at radius 1 is 1.42 bits per heavy atom. The van der Waals surface area contributed by atoms with Crippen molar-refractivity contribution in [3.05, 3.63) is 46.8 Å². The molecule has 0 aliphatic heterocycles. The van der Waals surface area contributed by atoms with Crippen molar-refractivity contribution in [2.24, 2.45) is 0 Å². The predicted molar refractivity (Wildman–Crippen MR) is 70.1 cm³/mol. The number of amides is 1. The summed E-state index contributed by atoms with van der Waals surface area (Å²) in [7, 11) is 0. The van der Waals surface area contributed by atoms with E-state index in [0.717, 1.165) is 0 Å². The first kappa shape index (κ1) is 13.3. The Labute approximate surface area is 114 Å². The highest BCUT2D eigenvalue weighted by Gasteiger charge is 2.24. The predicted octanol–water partition coefficient (Wildman–Crippen LogP) is 2.56. The van der Waals surface area contributed by atoms with Crippen LogP contribution >= 0.6 is 11.6 Å². The monoisotopic (exact) mass is 278 g/mol. The highest BCUT2D eigenvalue weighted by atomic mass is 35.5. The van der Waals surface area contributed by atoms with Gasteiger partial charge in [-0.1, -0.05) is 16.8 Å². The van der Waals surface area contributed by atoms with Gasteiger partial charge in [0.2, 0.25) is 5.91 Å². The average molecular weight is 279 g/mol. The maximum atomic E-state index is 12.0. The van der Waals surface area contributed by atoms with Crippen LogP contribution in [0.25, 0.3) is 0 Å². The van der Waals surface area contributed by atoms with Crippen LogP contribution in [0.5, 0.6) is 0 Å². The van der Waals surface area contributed by atoms with Crippen molar-refractivity contribution in [3.8, 4) is 0 Å². The van der Waals surface area contributed by atoms with E-state index in [9.17, 15) is 9.59 Å². The lowest BCUT2D eigenvalue weighted by Crippen LogP contribution is -2.21.